The maximum Gasteiger partial charge on any atom is 0.342 e. The van der Waals surface area contributed by atoms with E-state index in [-0.39, 0.29) is 11.6 Å². The number of hydrogen-bond acceptors (Lipinski definition) is 3. The van der Waals surface area contributed by atoms with Crippen LogP contribution in [0.1, 0.15) is 102 Å². The van der Waals surface area contributed by atoms with Crippen molar-refractivity contribution in [3.05, 3.63) is 58.7 Å². The Balaban J connectivity index is 0. The van der Waals surface area contributed by atoms with Crippen LogP contribution in [0, 0.1) is 25.5 Å². The van der Waals surface area contributed by atoms with E-state index < -0.39 is 17.3 Å². The smallest absolute Gasteiger partial charge is 0.342 e. The van der Waals surface area contributed by atoms with Gasteiger partial charge in [0.2, 0.25) is 0 Å². The van der Waals surface area contributed by atoms with Crippen LogP contribution in [0.3, 0.4) is 0 Å². The first kappa shape index (κ1) is 34.5. The molecule has 2 aromatic rings. The lowest BCUT2D eigenvalue weighted by Crippen LogP contribution is -2.25. The topological polar surface area (TPSA) is 55.8 Å². The zero-order valence-corrected chi connectivity index (χ0v) is 23.1. The predicted octanol–water partition coefficient (Wildman–Crippen LogP) is 9.16. The third-order valence-electron chi connectivity index (χ3n) is 4.73. The summed E-state index contributed by atoms with van der Waals surface area (Å²) in [5.41, 5.74) is 1.15. The Labute approximate surface area is 211 Å². The van der Waals surface area contributed by atoms with E-state index in [1.54, 1.807) is 13.0 Å². The molecule has 4 nitrogen and oxygen atoms in total. The molecule has 2 aromatic carbocycles. The first-order valence-electron chi connectivity index (χ1n) is 12.9. The highest BCUT2D eigenvalue weighted by atomic mass is 19.1. The largest absolute Gasteiger partial charge is 0.493 e. The number of carboxylic acids is 1. The fraction of sp³-hybridized carbons (Fsp3) is 0.552. The van der Waals surface area contributed by atoms with Crippen molar-refractivity contribution in [2.24, 2.45) is 0 Å². The number of aromatic carboxylic acids is 1. The summed E-state index contributed by atoms with van der Waals surface area (Å²) in [6.45, 7) is 18.0. The summed E-state index contributed by atoms with van der Waals surface area (Å²) in [5.74, 6) is -1.43. The minimum absolute atomic E-state index is 0.0935. The van der Waals surface area contributed by atoms with Crippen LogP contribution in [0.25, 0.3) is 0 Å². The van der Waals surface area contributed by atoms with E-state index in [4.69, 9.17) is 14.6 Å². The van der Waals surface area contributed by atoms with Crippen molar-refractivity contribution in [1.29, 1.82) is 0 Å². The molecule has 0 heterocycles. The number of aryl methyl sites for hydroxylation is 1. The molecule has 35 heavy (non-hydrogen) atoms. The van der Waals surface area contributed by atoms with Gasteiger partial charge in [0, 0.05) is 5.56 Å². The first-order chi connectivity index (χ1) is 16.8. The van der Waals surface area contributed by atoms with E-state index in [2.05, 4.69) is 0 Å². The fourth-order valence-electron chi connectivity index (χ4n) is 2.73. The van der Waals surface area contributed by atoms with Crippen LogP contribution >= 0.6 is 0 Å². The Bertz CT molecular complexity index is 834. The van der Waals surface area contributed by atoms with Crippen LogP contribution in [0.5, 0.6) is 11.5 Å². The summed E-state index contributed by atoms with van der Waals surface area (Å²) in [7, 11) is 0. The molecule has 0 aliphatic heterocycles. The number of carboxylic acid groups (broad SMARTS) is 1. The van der Waals surface area contributed by atoms with Crippen LogP contribution in [0.4, 0.5) is 8.78 Å². The van der Waals surface area contributed by atoms with Gasteiger partial charge in [0.1, 0.15) is 28.7 Å². The number of carbonyl (C=O) groups is 1. The molecule has 1 fully saturated rings. The molecule has 1 saturated carbocycles. The molecular weight excluding hydrogens is 450 g/mol. The molecule has 0 saturated heterocycles. The summed E-state index contributed by atoms with van der Waals surface area (Å²) in [6, 6.07) is 7.46. The number of unbranched alkanes of at least 4 members (excludes halogenated alkanes) is 1. The highest BCUT2D eigenvalue weighted by molar-refractivity contribution is 5.91. The average molecular weight is 497 g/mol. The SMILES string of the molecule is CC.CC.CC.CCCCOc1cccc(F)c1C(=O)O.Cc1cc(F)c(C)c(OC2CCC2)c1. The molecule has 0 radical (unpaired) electrons. The summed E-state index contributed by atoms with van der Waals surface area (Å²) in [4.78, 5) is 10.8. The minimum atomic E-state index is -1.31. The summed E-state index contributed by atoms with van der Waals surface area (Å²) < 4.78 is 37.4. The van der Waals surface area contributed by atoms with Gasteiger partial charge >= 0.3 is 5.97 Å². The Hall–Kier alpha value is -2.63. The lowest BCUT2D eigenvalue weighted by molar-refractivity contribution is 0.0686. The maximum atomic E-state index is 13.3. The molecule has 3 rings (SSSR count). The maximum absolute atomic E-state index is 13.3. The molecule has 1 N–H and O–H groups in total. The van der Waals surface area contributed by atoms with Gasteiger partial charge in [-0.05, 0) is 69.4 Å². The van der Waals surface area contributed by atoms with E-state index in [1.807, 2.05) is 61.5 Å². The molecule has 0 unspecified atom stereocenters. The Morgan fingerprint density at radius 1 is 0.971 bits per heavy atom. The van der Waals surface area contributed by atoms with E-state index in [0.717, 1.165) is 37.3 Å². The number of halogens is 2. The van der Waals surface area contributed by atoms with Crippen molar-refractivity contribution in [3.8, 4) is 11.5 Å². The van der Waals surface area contributed by atoms with Gasteiger partial charge in [-0.2, -0.15) is 0 Å². The second-order valence-electron chi connectivity index (χ2n) is 7.16. The van der Waals surface area contributed by atoms with Crippen molar-refractivity contribution in [3.63, 3.8) is 0 Å². The third-order valence-corrected chi connectivity index (χ3v) is 4.73. The van der Waals surface area contributed by atoms with Gasteiger partial charge in [-0.25, -0.2) is 13.6 Å². The number of benzene rings is 2. The van der Waals surface area contributed by atoms with Gasteiger partial charge in [0.05, 0.1) is 12.7 Å². The van der Waals surface area contributed by atoms with Gasteiger partial charge in [-0.15, -0.1) is 0 Å². The summed E-state index contributed by atoms with van der Waals surface area (Å²) in [5, 5.41) is 8.78. The fourth-order valence-corrected chi connectivity index (χ4v) is 2.73. The van der Waals surface area contributed by atoms with Crippen LogP contribution in [0.2, 0.25) is 0 Å². The predicted molar refractivity (Wildman–Crippen MR) is 142 cm³/mol. The molecule has 0 spiro atoms. The lowest BCUT2D eigenvalue weighted by atomic mass is 9.96. The van der Waals surface area contributed by atoms with Crippen molar-refractivity contribution in [2.75, 3.05) is 6.61 Å². The van der Waals surface area contributed by atoms with Crippen LogP contribution in [0.15, 0.2) is 30.3 Å². The quantitative estimate of drug-likeness (QED) is 0.388. The van der Waals surface area contributed by atoms with Gasteiger partial charge in [-0.3, -0.25) is 0 Å². The summed E-state index contributed by atoms with van der Waals surface area (Å²) >= 11 is 0. The molecule has 1 aliphatic rings. The zero-order valence-electron chi connectivity index (χ0n) is 23.1. The average Bonchev–Trinajstić information content (AvgIpc) is 2.83. The van der Waals surface area contributed by atoms with E-state index in [0.29, 0.717) is 24.0 Å². The Morgan fingerprint density at radius 2 is 1.57 bits per heavy atom. The van der Waals surface area contributed by atoms with Crippen LogP contribution < -0.4 is 9.47 Å². The Kier molecular flexibility index (Phi) is 20.4. The lowest BCUT2D eigenvalue weighted by Gasteiger charge is -2.27. The molecule has 0 atom stereocenters. The number of hydrogen-bond donors (Lipinski definition) is 1. The number of ether oxygens (including phenoxy) is 2. The van der Waals surface area contributed by atoms with Crippen molar-refractivity contribution in [1.82, 2.24) is 0 Å². The van der Waals surface area contributed by atoms with Gasteiger partial charge in [0.15, 0.2) is 0 Å². The van der Waals surface area contributed by atoms with Crippen molar-refractivity contribution >= 4 is 5.97 Å². The van der Waals surface area contributed by atoms with E-state index in [1.165, 1.54) is 18.6 Å². The molecule has 6 heteroatoms. The molecular formula is C29H46F2O4. The van der Waals surface area contributed by atoms with Crippen LogP contribution in [-0.2, 0) is 0 Å². The number of rotatable bonds is 7. The van der Waals surface area contributed by atoms with E-state index in [9.17, 15) is 13.6 Å². The molecule has 200 valence electrons. The molecule has 0 amide bonds. The normalized spacial score (nSPS) is 11.4. The van der Waals surface area contributed by atoms with Gasteiger partial charge in [0.25, 0.3) is 0 Å². The highest BCUT2D eigenvalue weighted by Gasteiger charge is 2.20. The molecule has 0 bridgehead atoms. The second kappa shape index (κ2) is 20.7. The van der Waals surface area contributed by atoms with Crippen molar-refractivity contribution < 1.29 is 28.2 Å². The highest BCUT2D eigenvalue weighted by Crippen LogP contribution is 2.29. The standard InChI is InChI=1S/C12H15FO.C11H13FO3.3C2H6/c1-8-6-11(13)9(2)12(7-8)14-10-4-3-5-10;1-2-3-7-15-9-6-4-5-8(12)10(9)11(13)14;3*1-2/h6-7,10H,3-5H2,1-2H3;4-6H,2-3,7H2,1H3,(H,13,14);3*1-2H3. The van der Waals surface area contributed by atoms with Crippen molar-refractivity contribution in [2.45, 2.75) is 101 Å². The Morgan fingerprint density at radius 3 is 2.06 bits per heavy atom. The summed E-state index contributed by atoms with van der Waals surface area (Å²) in [6.07, 6.45) is 5.52. The van der Waals surface area contributed by atoms with E-state index >= 15 is 0 Å². The van der Waals surface area contributed by atoms with Gasteiger partial charge < -0.3 is 14.6 Å². The molecule has 0 aromatic heterocycles. The van der Waals surface area contributed by atoms with Gasteiger partial charge in [-0.1, -0.05) is 61.0 Å². The minimum Gasteiger partial charge on any atom is -0.493 e. The third kappa shape index (κ3) is 12.6. The zero-order chi connectivity index (χ0) is 27.4. The monoisotopic (exact) mass is 496 g/mol. The molecule has 1 aliphatic carbocycles. The first-order valence-corrected chi connectivity index (χ1v) is 12.9. The van der Waals surface area contributed by atoms with Crippen LogP contribution in [-0.4, -0.2) is 23.8 Å². The second-order valence-corrected chi connectivity index (χ2v) is 7.16.